The Labute approximate surface area is 143 Å². The number of hydrogen-bond donors (Lipinski definition) is 2. The van der Waals surface area contributed by atoms with Crippen molar-refractivity contribution in [3.63, 3.8) is 0 Å². The summed E-state index contributed by atoms with van der Waals surface area (Å²) in [5.41, 5.74) is 4.07. The summed E-state index contributed by atoms with van der Waals surface area (Å²) in [5, 5.41) is 6.90. The van der Waals surface area contributed by atoms with Crippen molar-refractivity contribution < 1.29 is 9.59 Å². The zero-order valence-corrected chi connectivity index (χ0v) is 13.7. The molecule has 118 valence electrons. The molecule has 2 aromatic rings. The molecule has 0 aliphatic rings. The second kappa shape index (κ2) is 7.76. The standard InChI is InChI=1S/C16H13Cl2N3O2/c1-10-5-2-3-8-13(10)20-15(22)16(23)21-19-9-11-6-4-7-12(17)14(11)18/h2-9H,1H3,(H,20,22)(H,21,23). The highest BCUT2D eigenvalue weighted by Gasteiger charge is 2.13. The quantitative estimate of drug-likeness (QED) is 0.506. The Bertz CT molecular complexity index is 776. The Kier molecular flexibility index (Phi) is 5.73. The van der Waals surface area contributed by atoms with Crippen LogP contribution >= 0.6 is 23.2 Å². The molecule has 0 aliphatic carbocycles. The predicted octanol–water partition coefficient (Wildman–Crippen LogP) is 3.39. The van der Waals surface area contributed by atoms with E-state index in [1.54, 1.807) is 30.3 Å². The molecule has 23 heavy (non-hydrogen) atoms. The Morgan fingerprint density at radius 3 is 2.52 bits per heavy atom. The van der Waals surface area contributed by atoms with Crippen molar-refractivity contribution in [2.45, 2.75) is 6.92 Å². The number of nitrogens with zero attached hydrogens (tertiary/aromatic N) is 1. The second-order valence-corrected chi connectivity index (χ2v) is 5.40. The van der Waals surface area contributed by atoms with Crippen LogP contribution in [0.1, 0.15) is 11.1 Å². The molecule has 2 rings (SSSR count). The van der Waals surface area contributed by atoms with Gasteiger partial charge in [0, 0.05) is 11.3 Å². The molecule has 0 heterocycles. The number of para-hydroxylation sites is 1. The first-order valence-electron chi connectivity index (χ1n) is 6.63. The minimum Gasteiger partial charge on any atom is -0.317 e. The van der Waals surface area contributed by atoms with Crippen LogP contribution in [0.15, 0.2) is 47.6 Å². The van der Waals surface area contributed by atoms with E-state index in [1.165, 1.54) is 6.21 Å². The zero-order valence-electron chi connectivity index (χ0n) is 12.1. The molecule has 2 amide bonds. The summed E-state index contributed by atoms with van der Waals surface area (Å²) in [6, 6.07) is 12.1. The average Bonchev–Trinajstić information content (AvgIpc) is 2.53. The number of hydrazone groups is 1. The lowest BCUT2D eigenvalue weighted by Gasteiger charge is -2.06. The molecular weight excluding hydrogens is 337 g/mol. The summed E-state index contributed by atoms with van der Waals surface area (Å²) in [6.45, 7) is 1.83. The van der Waals surface area contributed by atoms with E-state index in [1.807, 2.05) is 19.1 Å². The number of hydrogen-bond acceptors (Lipinski definition) is 3. The van der Waals surface area contributed by atoms with Crippen LogP contribution in [0.5, 0.6) is 0 Å². The van der Waals surface area contributed by atoms with Crippen molar-refractivity contribution in [2.75, 3.05) is 5.32 Å². The third kappa shape index (κ3) is 4.55. The average molecular weight is 350 g/mol. The molecule has 2 aromatic carbocycles. The molecule has 0 fully saturated rings. The first kappa shape index (κ1) is 17.0. The summed E-state index contributed by atoms with van der Waals surface area (Å²) >= 11 is 11.8. The number of halogens is 2. The summed E-state index contributed by atoms with van der Waals surface area (Å²) in [7, 11) is 0. The summed E-state index contributed by atoms with van der Waals surface area (Å²) < 4.78 is 0. The Hall–Kier alpha value is -2.37. The maximum atomic E-state index is 11.8. The minimum absolute atomic E-state index is 0.316. The fourth-order valence-corrected chi connectivity index (χ4v) is 2.08. The van der Waals surface area contributed by atoms with E-state index in [-0.39, 0.29) is 0 Å². The first-order chi connectivity index (χ1) is 11.0. The van der Waals surface area contributed by atoms with Gasteiger partial charge in [0.15, 0.2) is 0 Å². The van der Waals surface area contributed by atoms with Gasteiger partial charge in [0.2, 0.25) is 0 Å². The molecule has 0 aromatic heterocycles. The van der Waals surface area contributed by atoms with Gasteiger partial charge in [-0.25, -0.2) is 5.43 Å². The van der Waals surface area contributed by atoms with Crippen LogP contribution < -0.4 is 10.7 Å². The van der Waals surface area contributed by atoms with Crippen molar-refractivity contribution in [1.29, 1.82) is 0 Å². The molecule has 0 atom stereocenters. The van der Waals surface area contributed by atoms with Crippen LogP contribution in [0.3, 0.4) is 0 Å². The second-order valence-electron chi connectivity index (χ2n) is 4.61. The van der Waals surface area contributed by atoms with Gasteiger partial charge in [-0.1, -0.05) is 53.5 Å². The molecule has 2 N–H and O–H groups in total. The molecule has 5 nitrogen and oxygen atoms in total. The normalized spacial score (nSPS) is 10.6. The molecule has 0 aliphatic heterocycles. The Balaban J connectivity index is 1.96. The monoisotopic (exact) mass is 349 g/mol. The van der Waals surface area contributed by atoms with Gasteiger partial charge in [0.25, 0.3) is 0 Å². The lowest BCUT2D eigenvalue weighted by Crippen LogP contribution is -2.32. The first-order valence-corrected chi connectivity index (χ1v) is 7.38. The Morgan fingerprint density at radius 2 is 1.78 bits per heavy atom. The van der Waals surface area contributed by atoms with E-state index in [0.29, 0.717) is 21.3 Å². The maximum absolute atomic E-state index is 11.8. The third-order valence-electron chi connectivity index (χ3n) is 2.95. The fraction of sp³-hybridized carbons (Fsp3) is 0.0625. The summed E-state index contributed by atoms with van der Waals surface area (Å²) in [6.07, 6.45) is 1.31. The van der Waals surface area contributed by atoms with Gasteiger partial charge in [-0.2, -0.15) is 5.10 Å². The van der Waals surface area contributed by atoms with E-state index < -0.39 is 11.8 Å². The van der Waals surface area contributed by atoms with Gasteiger partial charge in [-0.3, -0.25) is 9.59 Å². The molecule has 0 saturated heterocycles. The van der Waals surface area contributed by atoms with Gasteiger partial charge in [0.1, 0.15) is 0 Å². The highest BCUT2D eigenvalue weighted by molar-refractivity contribution is 6.43. The van der Waals surface area contributed by atoms with Crippen molar-refractivity contribution in [3.05, 3.63) is 63.6 Å². The largest absolute Gasteiger partial charge is 0.329 e. The van der Waals surface area contributed by atoms with E-state index in [9.17, 15) is 9.59 Å². The number of carbonyl (C=O) groups is 2. The maximum Gasteiger partial charge on any atom is 0.329 e. The van der Waals surface area contributed by atoms with Gasteiger partial charge in [-0.15, -0.1) is 0 Å². The molecule has 0 unspecified atom stereocenters. The van der Waals surface area contributed by atoms with Crippen molar-refractivity contribution in [1.82, 2.24) is 5.43 Å². The Morgan fingerprint density at radius 1 is 1.04 bits per heavy atom. The van der Waals surface area contributed by atoms with E-state index in [0.717, 1.165) is 5.56 Å². The summed E-state index contributed by atoms with van der Waals surface area (Å²) in [4.78, 5) is 23.5. The molecule has 0 spiro atoms. The number of aryl methyl sites for hydroxylation is 1. The van der Waals surface area contributed by atoms with Crippen molar-refractivity contribution in [3.8, 4) is 0 Å². The van der Waals surface area contributed by atoms with Crippen LogP contribution in [-0.4, -0.2) is 18.0 Å². The number of amides is 2. The van der Waals surface area contributed by atoms with E-state index in [4.69, 9.17) is 23.2 Å². The number of anilines is 1. The van der Waals surface area contributed by atoms with Crippen LogP contribution in [0.4, 0.5) is 5.69 Å². The van der Waals surface area contributed by atoms with Crippen LogP contribution in [0.2, 0.25) is 10.0 Å². The van der Waals surface area contributed by atoms with Gasteiger partial charge in [-0.05, 0) is 24.6 Å². The lowest BCUT2D eigenvalue weighted by atomic mass is 10.2. The molecule has 7 heteroatoms. The highest BCUT2D eigenvalue weighted by atomic mass is 35.5. The van der Waals surface area contributed by atoms with Crippen LogP contribution in [-0.2, 0) is 9.59 Å². The van der Waals surface area contributed by atoms with Gasteiger partial charge >= 0.3 is 11.8 Å². The molecule has 0 radical (unpaired) electrons. The molecular formula is C16H13Cl2N3O2. The SMILES string of the molecule is Cc1ccccc1NC(=O)C(=O)NN=Cc1cccc(Cl)c1Cl. The van der Waals surface area contributed by atoms with Crippen LogP contribution in [0, 0.1) is 6.92 Å². The summed E-state index contributed by atoms with van der Waals surface area (Å²) in [5.74, 6) is -1.70. The van der Waals surface area contributed by atoms with Gasteiger partial charge in [0.05, 0.1) is 16.3 Å². The zero-order chi connectivity index (χ0) is 16.8. The van der Waals surface area contributed by atoms with E-state index in [2.05, 4.69) is 15.8 Å². The van der Waals surface area contributed by atoms with Crippen LogP contribution in [0.25, 0.3) is 0 Å². The van der Waals surface area contributed by atoms with Gasteiger partial charge < -0.3 is 5.32 Å². The number of carbonyl (C=O) groups excluding carboxylic acids is 2. The van der Waals surface area contributed by atoms with Crippen molar-refractivity contribution in [2.24, 2.45) is 5.10 Å². The molecule has 0 bridgehead atoms. The number of rotatable bonds is 3. The number of nitrogens with one attached hydrogen (secondary N) is 2. The van der Waals surface area contributed by atoms with Crippen molar-refractivity contribution >= 4 is 46.9 Å². The smallest absolute Gasteiger partial charge is 0.317 e. The van der Waals surface area contributed by atoms with E-state index >= 15 is 0 Å². The highest BCUT2D eigenvalue weighted by Crippen LogP contribution is 2.24. The topological polar surface area (TPSA) is 70.6 Å². The predicted molar refractivity (Wildman–Crippen MR) is 92.0 cm³/mol. The fourth-order valence-electron chi connectivity index (χ4n) is 1.72. The lowest BCUT2D eigenvalue weighted by molar-refractivity contribution is -0.136. The molecule has 0 saturated carbocycles. The number of benzene rings is 2. The minimum atomic E-state index is -0.886. The third-order valence-corrected chi connectivity index (χ3v) is 3.78.